The van der Waals surface area contributed by atoms with Crippen LogP contribution in [-0.4, -0.2) is 39.6 Å². The highest BCUT2D eigenvalue weighted by atomic mass is 19.1. The monoisotopic (exact) mass is 330 g/mol. The number of anilines is 1. The van der Waals surface area contributed by atoms with E-state index in [9.17, 15) is 14.0 Å². The zero-order valence-electron chi connectivity index (χ0n) is 13.5. The van der Waals surface area contributed by atoms with Gasteiger partial charge < -0.3 is 10.2 Å². The Morgan fingerprint density at radius 3 is 2.67 bits per heavy atom. The molecule has 0 saturated carbocycles. The normalized spacial score (nSPS) is 14.5. The average molecular weight is 330 g/mol. The van der Waals surface area contributed by atoms with Gasteiger partial charge in [0.15, 0.2) is 0 Å². The molecule has 1 N–H and O–H groups in total. The third-order valence-electron chi connectivity index (χ3n) is 4.12. The third kappa shape index (κ3) is 3.29. The van der Waals surface area contributed by atoms with Gasteiger partial charge in [0.05, 0.1) is 11.9 Å². The van der Waals surface area contributed by atoms with Gasteiger partial charge in [-0.15, -0.1) is 0 Å². The molecule has 1 aliphatic heterocycles. The number of rotatable bonds is 3. The van der Waals surface area contributed by atoms with Gasteiger partial charge in [0.25, 0.3) is 11.8 Å². The average Bonchev–Trinajstić information content (AvgIpc) is 2.95. The Morgan fingerprint density at radius 2 is 1.96 bits per heavy atom. The Balaban J connectivity index is 1.82. The van der Waals surface area contributed by atoms with Crippen LogP contribution in [0.4, 0.5) is 10.1 Å². The van der Waals surface area contributed by atoms with Crippen molar-refractivity contribution < 1.29 is 14.0 Å². The minimum absolute atomic E-state index is 0.149. The Morgan fingerprint density at radius 1 is 1.21 bits per heavy atom. The predicted molar refractivity (Wildman–Crippen MR) is 87.3 cm³/mol. The molecule has 2 heterocycles. The van der Waals surface area contributed by atoms with Crippen molar-refractivity contribution in [2.45, 2.75) is 19.3 Å². The number of carbonyl (C=O) groups excluding carboxylic acids is 2. The Hall–Kier alpha value is -2.70. The summed E-state index contributed by atoms with van der Waals surface area (Å²) in [5.41, 5.74) is 0.860. The summed E-state index contributed by atoms with van der Waals surface area (Å²) >= 11 is 0. The predicted octanol–water partition coefficient (Wildman–Crippen LogP) is 2.44. The van der Waals surface area contributed by atoms with E-state index in [-0.39, 0.29) is 11.5 Å². The van der Waals surface area contributed by atoms with Crippen LogP contribution >= 0.6 is 0 Å². The van der Waals surface area contributed by atoms with Crippen LogP contribution in [0.3, 0.4) is 0 Å². The van der Waals surface area contributed by atoms with Gasteiger partial charge in [0, 0.05) is 25.7 Å². The van der Waals surface area contributed by atoms with E-state index in [0.29, 0.717) is 24.5 Å². The SMILES string of the molecule is Cn1ncc(NC(=O)c2cccc(F)c2)c1C(=O)N1CCCCC1. The highest BCUT2D eigenvalue weighted by Gasteiger charge is 2.25. The van der Waals surface area contributed by atoms with Crippen LogP contribution in [0.15, 0.2) is 30.5 Å². The molecule has 0 bridgehead atoms. The maximum absolute atomic E-state index is 13.3. The zero-order chi connectivity index (χ0) is 17.1. The van der Waals surface area contributed by atoms with E-state index < -0.39 is 11.7 Å². The molecule has 126 valence electrons. The largest absolute Gasteiger partial charge is 0.337 e. The number of aromatic nitrogens is 2. The molecule has 0 radical (unpaired) electrons. The number of amides is 2. The number of hydrogen-bond donors (Lipinski definition) is 1. The van der Waals surface area contributed by atoms with E-state index in [0.717, 1.165) is 25.3 Å². The van der Waals surface area contributed by atoms with Gasteiger partial charge in [-0.05, 0) is 37.5 Å². The van der Waals surface area contributed by atoms with Crippen LogP contribution in [0.25, 0.3) is 0 Å². The molecular formula is C17H19FN4O2. The summed E-state index contributed by atoms with van der Waals surface area (Å²) in [6, 6.07) is 5.40. The van der Waals surface area contributed by atoms with Gasteiger partial charge in [-0.3, -0.25) is 14.3 Å². The summed E-state index contributed by atoms with van der Waals surface area (Å²) in [7, 11) is 1.66. The summed E-state index contributed by atoms with van der Waals surface area (Å²) in [6.07, 6.45) is 4.52. The summed E-state index contributed by atoms with van der Waals surface area (Å²) in [4.78, 5) is 26.8. The van der Waals surface area contributed by atoms with Gasteiger partial charge >= 0.3 is 0 Å². The van der Waals surface area contributed by atoms with Crippen molar-refractivity contribution in [3.05, 3.63) is 47.5 Å². The van der Waals surface area contributed by atoms with Crippen molar-refractivity contribution in [3.8, 4) is 0 Å². The fourth-order valence-corrected chi connectivity index (χ4v) is 2.85. The van der Waals surface area contributed by atoms with Crippen LogP contribution in [0.2, 0.25) is 0 Å². The maximum atomic E-state index is 13.3. The Bertz CT molecular complexity index is 766. The van der Waals surface area contributed by atoms with Gasteiger partial charge in [0.2, 0.25) is 0 Å². The first-order chi connectivity index (χ1) is 11.6. The Labute approximate surface area is 139 Å². The van der Waals surface area contributed by atoms with Crippen LogP contribution < -0.4 is 5.32 Å². The van der Waals surface area contributed by atoms with E-state index >= 15 is 0 Å². The molecule has 1 fully saturated rings. The number of nitrogens with zero attached hydrogens (tertiary/aromatic N) is 3. The zero-order valence-corrected chi connectivity index (χ0v) is 13.5. The summed E-state index contributed by atoms with van der Waals surface area (Å²) < 4.78 is 14.7. The second-order valence-corrected chi connectivity index (χ2v) is 5.85. The van der Waals surface area contributed by atoms with Crippen LogP contribution in [-0.2, 0) is 7.05 Å². The van der Waals surface area contributed by atoms with Crippen LogP contribution in [0, 0.1) is 5.82 Å². The van der Waals surface area contributed by atoms with Crippen molar-refractivity contribution in [1.29, 1.82) is 0 Å². The molecule has 1 aliphatic rings. The first kappa shape index (κ1) is 16.2. The molecule has 7 heteroatoms. The third-order valence-corrected chi connectivity index (χ3v) is 4.12. The van der Waals surface area contributed by atoms with E-state index in [2.05, 4.69) is 10.4 Å². The van der Waals surface area contributed by atoms with Gasteiger partial charge in [0.1, 0.15) is 11.5 Å². The standard InChI is InChI=1S/C17H19FN4O2/c1-21-15(17(24)22-8-3-2-4-9-22)14(11-19-21)20-16(23)12-6-5-7-13(18)10-12/h5-7,10-11H,2-4,8-9H2,1H3,(H,20,23). The van der Waals surface area contributed by atoms with Crippen LogP contribution in [0.5, 0.6) is 0 Å². The number of benzene rings is 1. The Kier molecular flexibility index (Phi) is 4.59. The molecule has 1 aromatic carbocycles. The summed E-state index contributed by atoms with van der Waals surface area (Å²) in [5, 5.41) is 6.74. The van der Waals surface area contributed by atoms with E-state index in [1.165, 1.54) is 29.1 Å². The maximum Gasteiger partial charge on any atom is 0.274 e. The van der Waals surface area contributed by atoms with Crippen molar-refractivity contribution >= 4 is 17.5 Å². The van der Waals surface area contributed by atoms with E-state index in [4.69, 9.17) is 0 Å². The molecule has 0 unspecified atom stereocenters. The minimum Gasteiger partial charge on any atom is -0.337 e. The topological polar surface area (TPSA) is 67.2 Å². The fraction of sp³-hybridized carbons (Fsp3) is 0.353. The smallest absolute Gasteiger partial charge is 0.274 e. The summed E-state index contributed by atoms with van der Waals surface area (Å²) in [5.74, 6) is -1.11. The number of nitrogens with one attached hydrogen (secondary N) is 1. The van der Waals surface area contributed by atoms with Crippen molar-refractivity contribution in [2.75, 3.05) is 18.4 Å². The van der Waals surface area contributed by atoms with Gasteiger partial charge in [-0.25, -0.2) is 4.39 Å². The number of likely N-dealkylation sites (tertiary alicyclic amines) is 1. The van der Waals surface area contributed by atoms with E-state index in [1.54, 1.807) is 11.9 Å². The second-order valence-electron chi connectivity index (χ2n) is 5.85. The molecule has 0 atom stereocenters. The number of piperidine rings is 1. The molecular weight excluding hydrogens is 311 g/mol. The number of carbonyl (C=O) groups is 2. The lowest BCUT2D eigenvalue weighted by Gasteiger charge is -2.27. The van der Waals surface area contributed by atoms with Crippen molar-refractivity contribution in [2.24, 2.45) is 7.05 Å². The molecule has 0 aliphatic carbocycles. The van der Waals surface area contributed by atoms with Crippen molar-refractivity contribution in [3.63, 3.8) is 0 Å². The molecule has 1 saturated heterocycles. The number of aryl methyl sites for hydroxylation is 1. The lowest BCUT2D eigenvalue weighted by Crippen LogP contribution is -2.37. The molecule has 0 spiro atoms. The summed E-state index contributed by atoms with van der Waals surface area (Å²) in [6.45, 7) is 1.42. The number of halogens is 1. The molecule has 3 rings (SSSR count). The highest BCUT2D eigenvalue weighted by Crippen LogP contribution is 2.20. The lowest BCUT2D eigenvalue weighted by molar-refractivity contribution is 0.0714. The first-order valence-corrected chi connectivity index (χ1v) is 7.94. The van der Waals surface area contributed by atoms with E-state index in [1.807, 2.05) is 0 Å². The number of hydrogen-bond acceptors (Lipinski definition) is 3. The van der Waals surface area contributed by atoms with Crippen molar-refractivity contribution in [1.82, 2.24) is 14.7 Å². The molecule has 6 nitrogen and oxygen atoms in total. The first-order valence-electron chi connectivity index (χ1n) is 7.94. The van der Waals surface area contributed by atoms with Gasteiger partial charge in [-0.2, -0.15) is 5.10 Å². The van der Waals surface area contributed by atoms with Crippen LogP contribution in [0.1, 0.15) is 40.1 Å². The molecule has 24 heavy (non-hydrogen) atoms. The lowest BCUT2D eigenvalue weighted by atomic mass is 10.1. The minimum atomic E-state index is -0.488. The molecule has 1 aromatic heterocycles. The second kappa shape index (κ2) is 6.82. The quantitative estimate of drug-likeness (QED) is 0.940. The highest BCUT2D eigenvalue weighted by molar-refractivity contribution is 6.08. The van der Waals surface area contributed by atoms with Gasteiger partial charge in [-0.1, -0.05) is 6.07 Å². The molecule has 2 aromatic rings. The molecule has 2 amide bonds. The fourth-order valence-electron chi connectivity index (χ4n) is 2.85.